The van der Waals surface area contributed by atoms with Crippen LogP contribution in [0, 0.1) is 0 Å². The lowest BCUT2D eigenvalue weighted by molar-refractivity contribution is 0.0697. The number of carboxylic acid groups (broad SMARTS) is 1. The van der Waals surface area contributed by atoms with Crippen molar-refractivity contribution in [3.63, 3.8) is 0 Å². The van der Waals surface area contributed by atoms with Crippen LogP contribution in [-0.4, -0.2) is 39.3 Å². The Balaban J connectivity index is 3.04. The number of carbonyl (C=O) groups is 1. The maximum Gasteiger partial charge on any atom is 0.335 e. The van der Waals surface area contributed by atoms with Crippen molar-refractivity contribution in [3.8, 4) is 0 Å². The Hall–Kier alpha value is -1.32. The molecule has 10 heteroatoms. The molecule has 2 N–H and O–H groups in total. The van der Waals surface area contributed by atoms with E-state index in [-0.39, 0.29) is 16.3 Å². The highest BCUT2D eigenvalue weighted by Crippen LogP contribution is 2.24. The van der Waals surface area contributed by atoms with Crippen molar-refractivity contribution >= 4 is 43.1 Å². The smallest absolute Gasteiger partial charge is 0.335 e. The molecule has 0 atom stereocenters. The van der Waals surface area contributed by atoms with Gasteiger partial charge in [-0.2, -0.15) is 0 Å². The average Bonchev–Trinajstić information content (AvgIpc) is 2.16. The van der Waals surface area contributed by atoms with E-state index in [1.165, 1.54) is 0 Å². The van der Waals surface area contributed by atoms with Crippen molar-refractivity contribution in [3.05, 3.63) is 28.8 Å². The first-order valence-corrected chi connectivity index (χ1v) is 8.80. The van der Waals surface area contributed by atoms with Crippen LogP contribution in [0.5, 0.6) is 0 Å². The molecule has 0 saturated carbocycles. The summed E-state index contributed by atoms with van der Waals surface area (Å²) in [7, 11) is -7.84. The summed E-state index contributed by atoms with van der Waals surface area (Å²) in [4.78, 5) is 10.7. The first-order valence-electron chi connectivity index (χ1n) is 4.71. The molecule has 0 aliphatic heterocycles. The fraction of sp³-hybridized carbons (Fsp3) is 0.222. The van der Waals surface area contributed by atoms with E-state index in [9.17, 15) is 21.6 Å². The van der Waals surface area contributed by atoms with Crippen LogP contribution < -0.4 is 4.72 Å². The predicted octanol–water partition coefficient (Wildman–Crippen LogP) is 0.782. The second kappa shape index (κ2) is 5.35. The Bertz CT molecular complexity index is 710. The molecule has 0 aliphatic rings. The van der Waals surface area contributed by atoms with E-state index in [1.54, 1.807) is 0 Å². The van der Waals surface area contributed by atoms with E-state index in [1.807, 2.05) is 4.72 Å². The summed E-state index contributed by atoms with van der Waals surface area (Å²) in [5, 5.41) is 7.48. The fourth-order valence-corrected chi connectivity index (χ4v) is 4.50. The highest BCUT2D eigenvalue weighted by molar-refractivity contribution is 8.08. The van der Waals surface area contributed by atoms with Crippen molar-refractivity contribution in [1.29, 1.82) is 0 Å². The van der Waals surface area contributed by atoms with Gasteiger partial charge < -0.3 is 5.11 Å². The third-order valence-corrected chi connectivity index (χ3v) is 5.65. The zero-order valence-electron chi connectivity index (χ0n) is 9.62. The van der Waals surface area contributed by atoms with Gasteiger partial charge in [-0.1, -0.05) is 11.6 Å². The number of nitrogens with one attached hydrogen (secondary N) is 1. The van der Waals surface area contributed by atoms with Gasteiger partial charge in [-0.3, -0.25) is 4.72 Å². The molecular formula is C9H10ClNO6S2. The van der Waals surface area contributed by atoms with Gasteiger partial charge in [0.15, 0.2) is 14.9 Å². The van der Waals surface area contributed by atoms with Crippen molar-refractivity contribution < 1.29 is 26.7 Å². The standard InChI is InChI=1S/C9H10ClNO6S2/c1-18(14,15)5-19(16,17)11-8-3-2-6(9(12)13)4-7(8)10/h2-4,11H,5H2,1H3,(H,12,13). The number of hydrogen-bond donors (Lipinski definition) is 2. The topological polar surface area (TPSA) is 118 Å². The third kappa shape index (κ3) is 5.05. The third-order valence-electron chi connectivity index (χ3n) is 1.85. The molecule has 0 amide bonds. The SMILES string of the molecule is CS(=O)(=O)CS(=O)(=O)Nc1ccc(C(=O)O)cc1Cl. The van der Waals surface area contributed by atoms with Gasteiger partial charge in [0.25, 0.3) is 0 Å². The number of halogens is 1. The number of sulfonamides is 1. The van der Waals surface area contributed by atoms with Gasteiger partial charge in [0.1, 0.15) is 0 Å². The molecule has 0 radical (unpaired) electrons. The minimum atomic E-state index is -4.12. The Labute approximate surface area is 115 Å². The first-order chi connectivity index (χ1) is 8.50. The number of rotatable bonds is 5. The normalized spacial score (nSPS) is 12.1. The number of anilines is 1. The molecule has 0 saturated heterocycles. The Morgan fingerprint density at radius 1 is 1.32 bits per heavy atom. The number of aromatic carboxylic acids is 1. The minimum Gasteiger partial charge on any atom is -0.478 e. The lowest BCUT2D eigenvalue weighted by Gasteiger charge is -2.09. The van der Waals surface area contributed by atoms with Gasteiger partial charge >= 0.3 is 5.97 Å². The molecule has 0 aromatic heterocycles. The quantitative estimate of drug-likeness (QED) is 0.825. The summed E-state index contributed by atoms with van der Waals surface area (Å²) in [5.74, 6) is -1.22. The van der Waals surface area contributed by atoms with Crippen LogP contribution in [-0.2, 0) is 19.9 Å². The Morgan fingerprint density at radius 3 is 2.32 bits per heavy atom. The van der Waals surface area contributed by atoms with E-state index in [4.69, 9.17) is 16.7 Å². The zero-order chi connectivity index (χ0) is 14.8. The Kier molecular flexibility index (Phi) is 4.43. The summed E-state index contributed by atoms with van der Waals surface area (Å²) in [5.41, 5.74) is -0.202. The molecule has 7 nitrogen and oxygen atoms in total. The summed E-state index contributed by atoms with van der Waals surface area (Å²) in [6, 6.07) is 3.35. The van der Waals surface area contributed by atoms with E-state index < -0.39 is 30.9 Å². The summed E-state index contributed by atoms with van der Waals surface area (Å²) < 4.78 is 46.9. The van der Waals surface area contributed by atoms with Gasteiger partial charge in [0, 0.05) is 6.26 Å². The number of hydrogen-bond acceptors (Lipinski definition) is 5. The van der Waals surface area contributed by atoms with Gasteiger partial charge in [0.05, 0.1) is 16.3 Å². The van der Waals surface area contributed by atoms with Crippen molar-refractivity contribution in [2.45, 2.75) is 0 Å². The lowest BCUT2D eigenvalue weighted by atomic mass is 10.2. The second-order valence-electron chi connectivity index (χ2n) is 3.76. The number of benzene rings is 1. The summed E-state index contributed by atoms with van der Waals surface area (Å²) in [6.07, 6.45) is 0.779. The second-order valence-corrected chi connectivity index (χ2v) is 8.40. The maximum atomic E-state index is 11.5. The van der Waals surface area contributed by atoms with Gasteiger partial charge in [0.2, 0.25) is 10.0 Å². The lowest BCUT2D eigenvalue weighted by Crippen LogP contribution is -2.22. The van der Waals surface area contributed by atoms with E-state index in [0.29, 0.717) is 0 Å². The molecule has 0 aliphatic carbocycles. The maximum absolute atomic E-state index is 11.5. The van der Waals surface area contributed by atoms with E-state index in [2.05, 4.69) is 0 Å². The summed E-state index contributed by atoms with van der Waals surface area (Å²) >= 11 is 5.71. The number of sulfone groups is 1. The van der Waals surface area contributed by atoms with Crippen LogP contribution >= 0.6 is 11.6 Å². The molecule has 106 valence electrons. The van der Waals surface area contributed by atoms with E-state index >= 15 is 0 Å². The predicted molar refractivity (Wildman–Crippen MR) is 70.7 cm³/mol. The average molecular weight is 328 g/mol. The van der Waals surface area contributed by atoms with Crippen LogP contribution in [0.4, 0.5) is 5.69 Å². The highest BCUT2D eigenvalue weighted by atomic mass is 35.5. The van der Waals surface area contributed by atoms with E-state index in [0.717, 1.165) is 24.5 Å². The van der Waals surface area contributed by atoms with Gasteiger partial charge in [-0.05, 0) is 18.2 Å². The molecule has 0 unspecified atom stereocenters. The van der Waals surface area contributed by atoms with Crippen LogP contribution in [0.15, 0.2) is 18.2 Å². The molecule has 0 fully saturated rings. The van der Waals surface area contributed by atoms with Crippen molar-refractivity contribution in [2.24, 2.45) is 0 Å². The molecular weight excluding hydrogens is 318 g/mol. The van der Waals surface area contributed by atoms with Crippen LogP contribution in [0.2, 0.25) is 5.02 Å². The van der Waals surface area contributed by atoms with Crippen molar-refractivity contribution in [1.82, 2.24) is 0 Å². The zero-order valence-corrected chi connectivity index (χ0v) is 12.0. The van der Waals surface area contributed by atoms with Gasteiger partial charge in [-0.25, -0.2) is 21.6 Å². The molecule has 1 aromatic carbocycles. The molecule has 0 bridgehead atoms. The van der Waals surface area contributed by atoms with Crippen LogP contribution in [0.1, 0.15) is 10.4 Å². The number of carboxylic acids is 1. The molecule has 0 heterocycles. The van der Waals surface area contributed by atoms with Crippen LogP contribution in [0.3, 0.4) is 0 Å². The molecule has 0 spiro atoms. The molecule has 19 heavy (non-hydrogen) atoms. The monoisotopic (exact) mass is 327 g/mol. The summed E-state index contributed by atoms with van der Waals surface area (Å²) in [6.45, 7) is 0. The van der Waals surface area contributed by atoms with Crippen molar-refractivity contribution in [2.75, 3.05) is 16.1 Å². The largest absolute Gasteiger partial charge is 0.478 e. The highest BCUT2D eigenvalue weighted by Gasteiger charge is 2.19. The molecule has 1 aromatic rings. The van der Waals surface area contributed by atoms with Crippen LogP contribution in [0.25, 0.3) is 0 Å². The van der Waals surface area contributed by atoms with Gasteiger partial charge in [-0.15, -0.1) is 0 Å². The fourth-order valence-electron chi connectivity index (χ4n) is 1.21. The first kappa shape index (κ1) is 15.7. The molecule has 1 rings (SSSR count). The Morgan fingerprint density at radius 2 is 1.89 bits per heavy atom. The minimum absolute atomic E-state index is 0.0877.